The first-order valence-corrected chi connectivity index (χ1v) is 4.76. The molecule has 1 heterocycles. The van der Waals surface area contributed by atoms with Crippen LogP contribution in [-0.2, 0) is 0 Å². The molecule has 0 aliphatic carbocycles. The monoisotopic (exact) mass is 174 g/mol. The third-order valence-corrected chi connectivity index (χ3v) is 2.69. The molecule has 0 bridgehead atoms. The van der Waals surface area contributed by atoms with Crippen LogP contribution in [0.4, 0.5) is 4.39 Å². The van der Waals surface area contributed by atoms with E-state index in [0.717, 1.165) is 19.6 Å². The second-order valence-electron chi connectivity index (χ2n) is 3.62. The van der Waals surface area contributed by atoms with Crippen molar-refractivity contribution in [3.8, 4) is 0 Å². The Morgan fingerprint density at radius 3 is 2.42 bits per heavy atom. The second-order valence-corrected chi connectivity index (χ2v) is 3.62. The van der Waals surface area contributed by atoms with Crippen LogP contribution in [0.5, 0.6) is 0 Å². The number of piperidine rings is 1. The SMILES string of the molecule is CCN1CCC(F)(CNC)CC1. The molecule has 0 atom stereocenters. The first kappa shape index (κ1) is 9.93. The summed E-state index contributed by atoms with van der Waals surface area (Å²) in [7, 11) is 1.81. The van der Waals surface area contributed by atoms with Crippen LogP contribution < -0.4 is 5.32 Å². The van der Waals surface area contributed by atoms with E-state index in [-0.39, 0.29) is 0 Å². The molecule has 0 spiro atoms. The number of hydrogen-bond acceptors (Lipinski definition) is 2. The van der Waals surface area contributed by atoms with Gasteiger partial charge in [0, 0.05) is 19.6 Å². The van der Waals surface area contributed by atoms with E-state index in [1.165, 1.54) is 0 Å². The van der Waals surface area contributed by atoms with Gasteiger partial charge in [-0.25, -0.2) is 4.39 Å². The lowest BCUT2D eigenvalue weighted by molar-refractivity contribution is 0.0622. The van der Waals surface area contributed by atoms with E-state index < -0.39 is 5.67 Å². The number of alkyl halides is 1. The Labute approximate surface area is 74.1 Å². The molecule has 3 heteroatoms. The minimum Gasteiger partial charge on any atom is -0.317 e. The molecule has 0 amide bonds. The summed E-state index contributed by atoms with van der Waals surface area (Å²) in [5.41, 5.74) is -0.944. The zero-order chi connectivity index (χ0) is 9.03. The van der Waals surface area contributed by atoms with Crippen molar-refractivity contribution in [2.45, 2.75) is 25.4 Å². The summed E-state index contributed by atoms with van der Waals surface area (Å²) in [6.45, 7) is 5.51. The molecule has 72 valence electrons. The molecular weight excluding hydrogens is 155 g/mol. The van der Waals surface area contributed by atoms with Crippen LogP contribution in [0, 0.1) is 0 Å². The van der Waals surface area contributed by atoms with Crippen molar-refractivity contribution in [2.24, 2.45) is 0 Å². The van der Waals surface area contributed by atoms with E-state index in [1.807, 2.05) is 7.05 Å². The van der Waals surface area contributed by atoms with Crippen LogP contribution in [-0.4, -0.2) is 43.8 Å². The van der Waals surface area contributed by atoms with Crippen LogP contribution in [0.2, 0.25) is 0 Å². The lowest BCUT2D eigenvalue weighted by Gasteiger charge is -2.35. The van der Waals surface area contributed by atoms with Crippen LogP contribution in [0.3, 0.4) is 0 Å². The van der Waals surface area contributed by atoms with Gasteiger partial charge in [-0.3, -0.25) is 0 Å². The zero-order valence-corrected chi connectivity index (χ0v) is 8.07. The second kappa shape index (κ2) is 4.19. The maximum Gasteiger partial charge on any atom is 0.125 e. The van der Waals surface area contributed by atoms with Crippen LogP contribution in [0.1, 0.15) is 19.8 Å². The molecule has 1 aliphatic heterocycles. The zero-order valence-electron chi connectivity index (χ0n) is 8.07. The average molecular weight is 174 g/mol. The van der Waals surface area contributed by atoms with Gasteiger partial charge in [-0.1, -0.05) is 6.92 Å². The van der Waals surface area contributed by atoms with Crippen LogP contribution in [0.15, 0.2) is 0 Å². The van der Waals surface area contributed by atoms with Gasteiger partial charge in [0.25, 0.3) is 0 Å². The normalized spacial score (nSPS) is 24.2. The number of likely N-dealkylation sites (tertiary alicyclic amines) is 1. The highest BCUT2D eigenvalue weighted by Gasteiger charge is 2.32. The molecule has 2 nitrogen and oxygen atoms in total. The number of nitrogens with zero attached hydrogens (tertiary/aromatic N) is 1. The van der Waals surface area contributed by atoms with Gasteiger partial charge in [0.05, 0.1) is 0 Å². The van der Waals surface area contributed by atoms with Crippen molar-refractivity contribution in [2.75, 3.05) is 33.2 Å². The van der Waals surface area contributed by atoms with Gasteiger partial charge in [0.15, 0.2) is 0 Å². The molecule has 0 radical (unpaired) electrons. The van der Waals surface area contributed by atoms with Crippen molar-refractivity contribution in [1.82, 2.24) is 10.2 Å². The number of rotatable bonds is 3. The Kier molecular flexibility index (Phi) is 3.47. The third-order valence-electron chi connectivity index (χ3n) is 2.69. The first-order valence-electron chi connectivity index (χ1n) is 4.76. The smallest absolute Gasteiger partial charge is 0.125 e. The highest BCUT2D eigenvalue weighted by Crippen LogP contribution is 2.25. The van der Waals surface area contributed by atoms with E-state index in [4.69, 9.17) is 0 Å². The fourth-order valence-corrected chi connectivity index (χ4v) is 1.76. The van der Waals surface area contributed by atoms with Crippen molar-refractivity contribution in [3.63, 3.8) is 0 Å². The van der Waals surface area contributed by atoms with Gasteiger partial charge in [-0.15, -0.1) is 0 Å². The minimum atomic E-state index is -0.944. The lowest BCUT2D eigenvalue weighted by atomic mass is 9.93. The summed E-state index contributed by atoms with van der Waals surface area (Å²) in [4.78, 5) is 2.30. The standard InChI is InChI=1S/C9H19FN2/c1-3-12-6-4-9(10,5-7-12)8-11-2/h11H,3-8H2,1-2H3. The van der Waals surface area contributed by atoms with E-state index in [2.05, 4.69) is 17.1 Å². The van der Waals surface area contributed by atoms with E-state index in [0.29, 0.717) is 19.4 Å². The molecule has 1 rings (SSSR count). The van der Waals surface area contributed by atoms with Gasteiger partial charge < -0.3 is 10.2 Å². The summed E-state index contributed by atoms with van der Waals surface area (Å²) in [5.74, 6) is 0. The Hall–Kier alpha value is -0.150. The summed E-state index contributed by atoms with van der Waals surface area (Å²) in [5, 5.41) is 2.92. The fraction of sp³-hybridized carbons (Fsp3) is 1.00. The Balaban J connectivity index is 2.33. The molecular formula is C9H19FN2. The number of hydrogen-bond donors (Lipinski definition) is 1. The molecule has 12 heavy (non-hydrogen) atoms. The van der Waals surface area contributed by atoms with Gasteiger partial charge in [0.1, 0.15) is 5.67 Å². The fourth-order valence-electron chi connectivity index (χ4n) is 1.76. The van der Waals surface area contributed by atoms with Gasteiger partial charge >= 0.3 is 0 Å². The van der Waals surface area contributed by atoms with E-state index >= 15 is 0 Å². The number of halogens is 1. The van der Waals surface area contributed by atoms with Crippen molar-refractivity contribution >= 4 is 0 Å². The maximum absolute atomic E-state index is 13.8. The quantitative estimate of drug-likeness (QED) is 0.687. The minimum absolute atomic E-state index is 0.505. The summed E-state index contributed by atoms with van der Waals surface area (Å²) in [6.07, 6.45) is 1.36. The Morgan fingerprint density at radius 2 is 2.00 bits per heavy atom. The highest BCUT2D eigenvalue weighted by molar-refractivity contribution is 4.87. The third kappa shape index (κ3) is 2.42. The molecule has 0 aromatic rings. The Bertz CT molecular complexity index is 130. The van der Waals surface area contributed by atoms with Crippen LogP contribution >= 0.6 is 0 Å². The number of nitrogens with one attached hydrogen (secondary N) is 1. The molecule has 0 saturated carbocycles. The molecule has 0 aromatic carbocycles. The summed E-state index contributed by atoms with van der Waals surface area (Å²) >= 11 is 0. The van der Waals surface area contributed by atoms with Gasteiger partial charge in [0.2, 0.25) is 0 Å². The molecule has 0 aromatic heterocycles. The molecule has 1 aliphatic rings. The van der Waals surface area contributed by atoms with Gasteiger partial charge in [-0.2, -0.15) is 0 Å². The summed E-state index contributed by atoms with van der Waals surface area (Å²) in [6, 6.07) is 0. The molecule has 1 saturated heterocycles. The maximum atomic E-state index is 13.8. The van der Waals surface area contributed by atoms with Crippen molar-refractivity contribution < 1.29 is 4.39 Å². The molecule has 1 fully saturated rings. The molecule has 1 N–H and O–H groups in total. The average Bonchev–Trinajstić information content (AvgIpc) is 2.06. The lowest BCUT2D eigenvalue weighted by Crippen LogP contribution is -2.46. The van der Waals surface area contributed by atoms with Crippen molar-refractivity contribution in [3.05, 3.63) is 0 Å². The predicted octanol–water partition coefficient (Wildman–Crippen LogP) is 1.03. The molecule has 0 unspecified atom stereocenters. The topological polar surface area (TPSA) is 15.3 Å². The van der Waals surface area contributed by atoms with Crippen molar-refractivity contribution in [1.29, 1.82) is 0 Å². The van der Waals surface area contributed by atoms with E-state index in [1.54, 1.807) is 0 Å². The largest absolute Gasteiger partial charge is 0.317 e. The highest BCUT2D eigenvalue weighted by atomic mass is 19.1. The van der Waals surface area contributed by atoms with E-state index in [9.17, 15) is 4.39 Å². The Morgan fingerprint density at radius 1 is 1.42 bits per heavy atom. The van der Waals surface area contributed by atoms with Gasteiger partial charge in [-0.05, 0) is 26.4 Å². The summed E-state index contributed by atoms with van der Waals surface area (Å²) < 4.78 is 13.8. The van der Waals surface area contributed by atoms with Crippen LogP contribution in [0.25, 0.3) is 0 Å². The first-order chi connectivity index (χ1) is 5.70. The predicted molar refractivity (Wildman–Crippen MR) is 49.1 cm³/mol.